The number of halogens is 3. The standard InChI is InChI=1S/C25H21BrCl2N2O4/c1-14-5-3-6-17(26)21(14)23(31)30-20(25(33)34-2)13-15-9-11-16(12-10-15)29-24(32)22-18(27)7-4-8-19(22)28/h3-12,20H,13H2,1-2H3,(H,29,32)(H,30,31). The van der Waals surface area contributed by atoms with E-state index < -0.39 is 17.9 Å². The molecule has 0 aliphatic rings. The summed E-state index contributed by atoms with van der Waals surface area (Å²) >= 11 is 15.6. The molecule has 176 valence electrons. The highest BCUT2D eigenvalue weighted by molar-refractivity contribution is 9.10. The first-order valence-corrected chi connectivity index (χ1v) is 11.7. The molecule has 0 heterocycles. The molecule has 2 amide bonds. The minimum atomic E-state index is -0.897. The quantitative estimate of drug-likeness (QED) is 0.354. The summed E-state index contributed by atoms with van der Waals surface area (Å²) in [4.78, 5) is 37.8. The van der Waals surface area contributed by atoms with Crippen molar-refractivity contribution in [3.8, 4) is 0 Å². The summed E-state index contributed by atoms with van der Waals surface area (Å²) in [5.41, 5.74) is 2.69. The molecule has 0 bridgehead atoms. The Morgan fingerprint density at radius 3 is 2.12 bits per heavy atom. The van der Waals surface area contributed by atoms with Crippen LogP contribution in [0.15, 0.2) is 65.1 Å². The Bertz CT molecular complexity index is 1190. The minimum Gasteiger partial charge on any atom is -0.467 e. The maximum Gasteiger partial charge on any atom is 0.328 e. The van der Waals surface area contributed by atoms with Gasteiger partial charge in [-0.1, -0.05) is 53.5 Å². The normalized spacial score (nSPS) is 11.4. The molecule has 0 radical (unpaired) electrons. The molecule has 0 aromatic heterocycles. The first-order valence-electron chi connectivity index (χ1n) is 10.2. The Morgan fingerprint density at radius 1 is 0.912 bits per heavy atom. The van der Waals surface area contributed by atoms with E-state index in [1.165, 1.54) is 7.11 Å². The summed E-state index contributed by atoms with van der Waals surface area (Å²) in [7, 11) is 1.27. The highest BCUT2D eigenvalue weighted by Crippen LogP contribution is 2.25. The number of ether oxygens (including phenoxy) is 1. The van der Waals surface area contributed by atoms with Gasteiger partial charge in [0.15, 0.2) is 0 Å². The van der Waals surface area contributed by atoms with Crippen LogP contribution in [-0.2, 0) is 16.0 Å². The van der Waals surface area contributed by atoms with E-state index in [0.29, 0.717) is 15.7 Å². The molecule has 6 nitrogen and oxygen atoms in total. The molecule has 3 aromatic rings. The van der Waals surface area contributed by atoms with E-state index in [9.17, 15) is 14.4 Å². The van der Waals surface area contributed by atoms with Gasteiger partial charge in [0.05, 0.1) is 28.3 Å². The van der Waals surface area contributed by atoms with Crippen LogP contribution in [0, 0.1) is 6.92 Å². The Kier molecular flexibility index (Phi) is 8.72. The number of rotatable bonds is 7. The number of carbonyl (C=O) groups excluding carboxylic acids is 3. The molecule has 34 heavy (non-hydrogen) atoms. The maximum absolute atomic E-state index is 12.9. The second-order valence-electron chi connectivity index (χ2n) is 7.43. The van der Waals surface area contributed by atoms with Crippen molar-refractivity contribution in [2.75, 3.05) is 12.4 Å². The second kappa shape index (κ2) is 11.5. The van der Waals surface area contributed by atoms with Crippen LogP contribution in [-0.4, -0.2) is 30.9 Å². The number of nitrogens with one attached hydrogen (secondary N) is 2. The van der Waals surface area contributed by atoms with Crippen molar-refractivity contribution in [1.29, 1.82) is 0 Å². The molecular weight excluding hydrogens is 543 g/mol. The third-order valence-corrected chi connectivity index (χ3v) is 6.37. The van der Waals surface area contributed by atoms with E-state index in [-0.39, 0.29) is 27.9 Å². The number of benzene rings is 3. The zero-order valence-corrected chi connectivity index (χ0v) is 21.4. The summed E-state index contributed by atoms with van der Waals surface area (Å²) in [5.74, 6) is -1.39. The van der Waals surface area contributed by atoms with Gasteiger partial charge in [0.1, 0.15) is 6.04 Å². The van der Waals surface area contributed by atoms with E-state index in [2.05, 4.69) is 26.6 Å². The van der Waals surface area contributed by atoms with Crippen LogP contribution < -0.4 is 10.6 Å². The van der Waals surface area contributed by atoms with Gasteiger partial charge in [0.25, 0.3) is 11.8 Å². The summed E-state index contributed by atoms with van der Waals surface area (Å²) in [6, 6.07) is 16.2. The van der Waals surface area contributed by atoms with Gasteiger partial charge in [-0.2, -0.15) is 0 Å². The summed E-state index contributed by atoms with van der Waals surface area (Å²) in [6.45, 7) is 1.82. The molecule has 0 aliphatic carbocycles. The average Bonchev–Trinajstić information content (AvgIpc) is 2.79. The largest absolute Gasteiger partial charge is 0.467 e. The number of methoxy groups -OCH3 is 1. The summed E-state index contributed by atoms with van der Waals surface area (Å²) in [6.07, 6.45) is 0.201. The van der Waals surface area contributed by atoms with Crippen LogP contribution >= 0.6 is 39.1 Å². The third-order valence-electron chi connectivity index (χ3n) is 5.08. The van der Waals surface area contributed by atoms with Crippen LogP contribution in [0.4, 0.5) is 5.69 Å². The molecule has 0 aliphatic heterocycles. The van der Waals surface area contributed by atoms with E-state index in [1.807, 2.05) is 19.1 Å². The molecule has 1 atom stereocenters. The Morgan fingerprint density at radius 2 is 1.53 bits per heavy atom. The van der Waals surface area contributed by atoms with Crippen LogP contribution in [0.5, 0.6) is 0 Å². The number of esters is 1. The fourth-order valence-electron chi connectivity index (χ4n) is 3.35. The number of carbonyl (C=O) groups is 3. The van der Waals surface area contributed by atoms with Gasteiger partial charge in [-0.3, -0.25) is 9.59 Å². The molecular formula is C25H21BrCl2N2O4. The average molecular weight is 564 g/mol. The van der Waals surface area contributed by atoms with Gasteiger partial charge in [0, 0.05) is 16.6 Å². The monoisotopic (exact) mass is 562 g/mol. The highest BCUT2D eigenvalue weighted by atomic mass is 79.9. The zero-order valence-electron chi connectivity index (χ0n) is 18.3. The fourth-order valence-corrected chi connectivity index (χ4v) is 4.57. The Labute approximate surface area is 215 Å². The van der Waals surface area contributed by atoms with Crippen molar-refractivity contribution < 1.29 is 19.1 Å². The molecule has 3 aromatic carbocycles. The first kappa shape index (κ1) is 25.7. The zero-order chi connectivity index (χ0) is 24.8. The SMILES string of the molecule is COC(=O)C(Cc1ccc(NC(=O)c2c(Cl)cccc2Cl)cc1)NC(=O)c1c(C)cccc1Br. The van der Waals surface area contributed by atoms with Gasteiger partial charge in [0.2, 0.25) is 0 Å². The minimum absolute atomic E-state index is 0.186. The van der Waals surface area contributed by atoms with Crippen molar-refractivity contribution in [2.24, 2.45) is 0 Å². The third kappa shape index (κ3) is 6.17. The summed E-state index contributed by atoms with van der Waals surface area (Å²) < 4.78 is 5.51. The Hall–Kier alpha value is -2.87. The molecule has 0 fully saturated rings. The molecule has 0 saturated carbocycles. The number of hydrogen-bond donors (Lipinski definition) is 2. The lowest BCUT2D eigenvalue weighted by Crippen LogP contribution is -2.43. The smallest absolute Gasteiger partial charge is 0.328 e. The molecule has 1 unspecified atom stereocenters. The molecule has 2 N–H and O–H groups in total. The molecule has 9 heteroatoms. The van der Waals surface area contributed by atoms with Crippen molar-refractivity contribution >= 4 is 62.6 Å². The van der Waals surface area contributed by atoms with Crippen LogP contribution in [0.2, 0.25) is 10.0 Å². The first-order chi connectivity index (χ1) is 16.2. The van der Waals surface area contributed by atoms with Crippen LogP contribution in [0.1, 0.15) is 31.8 Å². The molecule has 3 rings (SSSR count). The number of anilines is 1. The number of amides is 2. The number of hydrogen-bond acceptors (Lipinski definition) is 4. The topological polar surface area (TPSA) is 84.5 Å². The van der Waals surface area contributed by atoms with Crippen molar-refractivity contribution in [1.82, 2.24) is 5.32 Å². The predicted molar refractivity (Wildman–Crippen MR) is 137 cm³/mol. The van der Waals surface area contributed by atoms with Gasteiger partial charge < -0.3 is 15.4 Å². The predicted octanol–water partition coefficient (Wildman–Crippen LogP) is 5.83. The lowest BCUT2D eigenvalue weighted by molar-refractivity contribution is -0.142. The summed E-state index contributed by atoms with van der Waals surface area (Å²) in [5, 5.41) is 6.00. The van der Waals surface area contributed by atoms with Crippen LogP contribution in [0.3, 0.4) is 0 Å². The van der Waals surface area contributed by atoms with Gasteiger partial charge in [-0.25, -0.2) is 4.79 Å². The second-order valence-corrected chi connectivity index (χ2v) is 9.10. The van der Waals surface area contributed by atoms with E-state index in [0.717, 1.165) is 11.1 Å². The fraction of sp³-hybridized carbons (Fsp3) is 0.160. The van der Waals surface area contributed by atoms with Crippen molar-refractivity contribution in [3.05, 3.63) is 97.4 Å². The Balaban J connectivity index is 1.72. The van der Waals surface area contributed by atoms with Gasteiger partial charge >= 0.3 is 5.97 Å². The van der Waals surface area contributed by atoms with E-state index in [4.69, 9.17) is 27.9 Å². The van der Waals surface area contributed by atoms with Crippen LogP contribution in [0.25, 0.3) is 0 Å². The van der Waals surface area contributed by atoms with Crippen molar-refractivity contribution in [2.45, 2.75) is 19.4 Å². The van der Waals surface area contributed by atoms with Crippen molar-refractivity contribution in [3.63, 3.8) is 0 Å². The lowest BCUT2D eigenvalue weighted by atomic mass is 10.0. The maximum atomic E-state index is 12.9. The van der Waals surface area contributed by atoms with Gasteiger partial charge in [-0.05, 0) is 64.3 Å². The van der Waals surface area contributed by atoms with E-state index >= 15 is 0 Å². The van der Waals surface area contributed by atoms with Gasteiger partial charge in [-0.15, -0.1) is 0 Å². The van der Waals surface area contributed by atoms with E-state index in [1.54, 1.807) is 48.5 Å². The molecule has 0 saturated heterocycles. The lowest BCUT2D eigenvalue weighted by Gasteiger charge is -2.18. The molecule has 0 spiro atoms. The number of aryl methyl sites for hydroxylation is 1. The highest BCUT2D eigenvalue weighted by Gasteiger charge is 2.24.